The number of thioether (sulfide) groups is 1. The number of ether oxygens (including phenoxy) is 2. The van der Waals surface area contributed by atoms with Gasteiger partial charge in [-0.2, -0.15) is 5.26 Å². The first kappa shape index (κ1) is 24.8. The van der Waals surface area contributed by atoms with E-state index in [1.165, 1.54) is 11.8 Å². The van der Waals surface area contributed by atoms with Crippen LogP contribution in [0.2, 0.25) is 0 Å². The number of carbonyl (C=O) groups excluding carboxylic acids is 1. The second-order valence-corrected chi connectivity index (χ2v) is 8.96. The lowest BCUT2D eigenvalue weighted by molar-refractivity contribution is -0.138. The van der Waals surface area contributed by atoms with E-state index in [9.17, 15) is 15.2 Å². The number of nitrogens with zero attached hydrogens (tertiary/aromatic N) is 2. The highest BCUT2D eigenvalue weighted by atomic mass is 32.2. The largest absolute Gasteiger partial charge is 0.506 e. The maximum atomic E-state index is 12.6. The molecule has 1 aliphatic heterocycles. The van der Waals surface area contributed by atoms with E-state index >= 15 is 0 Å². The van der Waals surface area contributed by atoms with Crippen LogP contribution in [-0.4, -0.2) is 22.7 Å². The Balaban J connectivity index is 1.55. The van der Waals surface area contributed by atoms with Crippen LogP contribution in [-0.2, 0) is 16.1 Å². The van der Waals surface area contributed by atoms with Gasteiger partial charge in [-0.25, -0.2) is 9.79 Å². The fourth-order valence-corrected chi connectivity index (χ4v) is 4.49. The van der Waals surface area contributed by atoms with Gasteiger partial charge in [0.1, 0.15) is 28.7 Å². The molecule has 1 aliphatic rings. The molecule has 0 spiro atoms. The quantitative estimate of drug-likeness (QED) is 0.369. The zero-order valence-electron chi connectivity index (χ0n) is 19.9. The van der Waals surface area contributed by atoms with E-state index in [0.29, 0.717) is 26.9 Å². The van der Waals surface area contributed by atoms with Crippen molar-refractivity contribution in [3.05, 3.63) is 111 Å². The average molecular weight is 497 g/mol. The van der Waals surface area contributed by atoms with Gasteiger partial charge in [0.15, 0.2) is 0 Å². The minimum absolute atomic E-state index is 0.0600. The first-order valence-electron chi connectivity index (χ1n) is 11.4. The van der Waals surface area contributed by atoms with Crippen molar-refractivity contribution in [2.24, 2.45) is 4.99 Å². The van der Waals surface area contributed by atoms with Gasteiger partial charge in [-0.3, -0.25) is 0 Å². The van der Waals surface area contributed by atoms with Gasteiger partial charge in [0.05, 0.1) is 28.8 Å². The highest BCUT2D eigenvalue weighted by molar-refractivity contribution is 8.18. The van der Waals surface area contributed by atoms with Crippen molar-refractivity contribution >= 4 is 34.5 Å². The molecule has 0 unspecified atom stereocenters. The third-order valence-electron chi connectivity index (χ3n) is 5.34. The van der Waals surface area contributed by atoms with Crippen LogP contribution in [0.15, 0.2) is 94.0 Å². The Morgan fingerprint density at radius 3 is 2.50 bits per heavy atom. The van der Waals surface area contributed by atoms with E-state index in [4.69, 9.17) is 9.47 Å². The SMILES string of the molecule is CCOC(=O)C1=C(O)/C(=C/c2ccc(OCc3ccccc3C#N)cc2)SC1=Nc1ccc(C)cc1. The van der Waals surface area contributed by atoms with Gasteiger partial charge in [0, 0.05) is 5.56 Å². The third kappa shape index (κ3) is 5.85. The molecule has 180 valence electrons. The van der Waals surface area contributed by atoms with Crippen LogP contribution in [0.5, 0.6) is 5.75 Å². The van der Waals surface area contributed by atoms with Crippen LogP contribution in [0.1, 0.15) is 29.2 Å². The van der Waals surface area contributed by atoms with Gasteiger partial charge in [0.2, 0.25) is 0 Å². The van der Waals surface area contributed by atoms with Crippen molar-refractivity contribution in [2.75, 3.05) is 6.61 Å². The smallest absolute Gasteiger partial charge is 0.344 e. The van der Waals surface area contributed by atoms with E-state index in [1.54, 1.807) is 19.1 Å². The standard InChI is InChI=1S/C29H24N2O4S/c1-3-34-29(33)26-27(32)25(36-28(26)31-23-12-8-19(2)9-13-23)16-20-10-14-24(15-11-20)35-18-22-7-5-4-6-21(22)17-30/h4-16,32H,3,18H2,1-2H3/b25-16-,31-28?. The van der Waals surface area contributed by atoms with Gasteiger partial charge < -0.3 is 14.6 Å². The second-order valence-electron chi connectivity index (χ2n) is 7.93. The number of rotatable bonds is 7. The number of aliphatic hydroxyl groups excluding tert-OH is 1. The van der Waals surface area contributed by atoms with Crippen molar-refractivity contribution in [3.8, 4) is 11.8 Å². The van der Waals surface area contributed by atoms with Gasteiger partial charge in [0.25, 0.3) is 0 Å². The summed E-state index contributed by atoms with van der Waals surface area (Å²) in [6.07, 6.45) is 1.78. The summed E-state index contributed by atoms with van der Waals surface area (Å²) in [6.45, 7) is 4.18. The summed E-state index contributed by atoms with van der Waals surface area (Å²) in [7, 11) is 0. The highest BCUT2D eigenvalue weighted by Crippen LogP contribution is 2.40. The molecule has 0 radical (unpaired) electrons. The molecule has 0 fully saturated rings. The first-order chi connectivity index (χ1) is 17.5. The lowest BCUT2D eigenvalue weighted by atomic mass is 10.1. The Hall–Kier alpha value is -4.28. The monoisotopic (exact) mass is 496 g/mol. The van der Waals surface area contributed by atoms with Gasteiger partial charge in [-0.05, 0) is 55.8 Å². The van der Waals surface area contributed by atoms with Crippen LogP contribution in [0.4, 0.5) is 5.69 Å². The molecule has 3 aromatic rings. The summed E-state index contributed by atoms with van der Waals surface area (Å²) in [5, 5.41) is 20.5. The number of hydrogen-bond acceptors (Lipinski definition) is 7. The molecule has 0 atom stereocenters. The normalized spacial score (nSPS) is 15.2. The fraction of sp³-hybridized carbons (Fsp3) is 0.138. The van der Waals surface area contributed by atoms with Crippen LogP contribution in [0.3, 0.4) is 0 Å². The lowest BCUT2D eigenvalue weighted by Gasteiger charge is -2.08. The molecule has 3 aromatic carbocycles. The molecule has 0 bridgehead atoms. The highest BCUT2D eigenvalue weighted by Gasteiger charge is 2.33. The number of aliphatic imine (C=N–C) groups is 1. The van der Waals surface area contributed by atoms with Crippen LogP contribution in [0, 0.1) is 18.3 Å². The Labute approximate surface area is 214 Å². The summed E-state index contributed by atoms with van der Waals surface area (Å²) in [5.74, 6) is -0.117. The predicted molar refractivity (Wildman–Crippen MR) is 142 cm³/mol. The van der Waals surface area contributed by atoms with E-state index in [2.05, 4.69) is 11.1 Å². The summed E-state index contributed by atoms with van der Waals surface area (Å²) in [5.41, 5.74) is 4.05. The van der Waals surface area contributed by atoms with E-state index < -0.39 is 5.97 Å². The molecule has 7 heteroatoms. The van der Waals surface area contributed by atoms with E-state index in [0.717, 1.165) is 16.7 Å². The summed E-state index contributed by atoms with van der Waals surface area (Å²) in [4.78, 5) is 17.7. The molecule has 1 N–H and O–H groups in total. The molecular weight excluding hydrogens is 472 g/mol. The number of nitriles is 1. The van der Waals surface area contributed by atoms with E-state index in [-0.39, 0.29) is 24.5 Å². The Morgan fingerprint density at radius 1 is 1.08 bits per heavy atom. The molecule has 4 rings (SSSR count). The van der Waals surface area contributed by atoms with Crippen molar-refractivity contribution < 1.29 is 19.4 Å². The lowest BCUT2D eigenvalue weighted by Crippen LogP contribution is -2.12. The number of aliphatic hydroxyl groups is 1. The van der Waals surface area contributed by atoms with Gasteiger partial charge in [-0.1, -0.05) is 59.8 Å². The summed E-state index contributed by atoms with van der Waals surface area (Å²) >= 11 is 1.22. The fourth-order valence-electron chi connectivity index (χ4n) is 3.46. The molecule has 36 heavy (non-hydrogen) atoms. The number of esters is 1. The molecule has 6 nitrogen and oxygen atoms in total. The zero-order chi connectivity index (χ0) is 25.5. The number of benzene rings is 3. The molecule has 0 aromatic heterocycles. The number of hydrogen-bond donors (Lipinski definition) is 1. The minimum atomic E-state index is -0.613. The number of aryl methyl sites for hydroxylation is 1. The van der Waals surface area contributed by atoms with Crippen LogP contribution < -0.4 is 4.74 Å². The van der Waals surface area contributed by atoms with Crippen molar-refractivity contribution in [1.82, 2.24) is 0 Å². The Bertz CT molecular complexity index is 1400. The van der Waals surface area contributed by atoms with Crippen molar-refractivity contribution in [2.45, 2.75) is 20.5 Å². The first-order valence-corrected chi connectivity index (χ1v) is 12.2. The zero-order valence-corrected chi connectivity index (χ0v) is 20.7. The molecule has 0 amide bonds. The molecule has 0 aliphatic carbocycles. The van der Waals surface area contributed by atoms with Crippen LogP contribution in [0.25, 0.3) is 6.08 Å². The molecular formula is C29H24N2O4S. The molecule has 0 saturated carbocycles. The molecule has 0 saturated heterocycles. The van der Waals surface area contributed by atoms with Crippen LogP contribution >= 0.6 is 11.8 Å². The second kappa shape index (κ2) is 11.4. The Morgan fingerprint density at radius 2 is 1.81 bits per heavy atom. The van der Waals surface area contributed by atoms with Gasteiger partial charge >= 0.3 is 5.97 Å². The third-order valence-corrected chi connectivity index (χ3v) is 6.36. The number of carbonyl (C=O) groups is 1. The summed E-state index contributed by atoms with van der Waals surface area (Å²) < 4.78 is 11.0. The maximum Gasteiger partial charge on any atom is 0.344 e. The minimum Gasteiger partial charge on any atom is -0.506 e. The Kier molecular flexibility index (Phi) is 7.89. The van der Waals surface area contributed by atoms with Crippen molar-refractivity contribution in [1.29, 1.82) is 5.26 Å². The van der Waals surface area contributed by atoms with Crippen molar-refractivity contribution in [3.63, 3.8) is 0 Å². The van der Waals surface area contributed by atoms with E-state index in [1.807, 2.05) is 73.7 Å². The molecule has 1 heterocycles. The summed E-state index contributed by atoms with van der Waals surface area (Å²) in [6, 6.07) is 24.4. The maximum absolute atomic E-state index is 12.6. The van der Waals surface area contributed by atoms with Gasteiger partial charge in [-0.15, -0.1) is 0 Å². The predicted octanol–water partition coefficient (Wildman–Crippen LogP) is 6.64. The topological polar surface area (TPSA) is 91.9 Å². The average Bonchev–Trinajstić information content (AvgIpc) is 3.19.